The Hall–Kier alpha value is -1.32. The van der Waals surface area contributed by atoms with Crippen LogP contribution in [0.3, 0.4) is 0 Å². The predicted octanol–water partition coefficient (Wildman–Crippen LogP) is 2.93. The fourth-order valence-electron chi connectivity index (χ4n) is 3.03. The standard InChI is InChI=1S/C16H22N2O/c1-12-6-7-14(19-12)11-18-9-8-15-13(10-17-2)4-3-5-16(15)18/h3-5,8-9,12,14,17H,6-7,10-11H2,1-2H3. The molecule has 3 nitrogen and oxygen atoms in total. The number of hydrogen-bond donors (Lipinski definition) is 1. The first kappa shape index (κ1) is 12.7. The molecular weight excluding hydrogens is 236 g/mol. The minimum Gasteiger partial charge on any atom is -0.373 e. The lowest BCUT2D eigenvalue weighted by atomic mass is 10.1. The van der Waals surface area contributed by atoms with E-state index in [0.29, 0.717) is 12.2 Å². The molecule has 0 spiro atoms. The molecule has 19 heavy (non-hydrogen) atoms. The summed E-state index contributed by atoms with van der Waals surface area (Å²) in [5.74, 6) is 0. The van der Waals surface area contributed by atoms with Crippen molar-refractivity contribution in [3.05, 3.63) is 36.0 Å². The zero-order chi connectivity index (χ0) is 13.2. The third-order valence-electron chi connectivity index (χ3n) is 3.99. The molecule has 2 unspecified atom stereocenters. The molecule has 0 bridgehead atoms. The molecule has 1 aliphatic rings. The largest absolute Gasteiger partial charge is 0.373 e. The van der Waals surface area contributed by atoms with Crippen molar-refractivity contribution in [2.45, 2.75) is 45.1 Å². The van der Waals surface area contributed by atoms with E-state index in [1.165, 1.54) is 29.3 Å². The summed E-state index contributed by atoms with van der Waals surface area (Å²) < 4.78 is 8.26. The van der Waals surface area contributed by atoms with Crippen molar-refractivity contribution in [1.82, 2.24) is 9.88 Å². The van der Waals surface area contributed by atoms with E-state index in [1.54, 1.807) is 0 Å². The van der Waals surface area contributed by atoms with Crippen molar-refractivity contribution in [3.8, 4) is 0 Å². The summed E-state index contributed by atoms with van der Waals surface area (Å²) in [6.45, 7) is 4.05. The van der Waals surface area contributed by atoms with Crippen molar-refractivity contribution >= 4 is 10.9 Å². The Morgan fingerprint density at radius 3 is 2.95 bits per heavy atom. The van der Waals surface area contributed by atoms with Crippen molar-refractivity contribution in [3.63, 3.8) is 0 Å². The van der Waals surface area contributed by atoms with Gasteiger partial charge in [-0.25, -0.2) is 0 Å². The van der Waals surface area contributed by atoms with Crippen LogP contribution in [-0.4, -0.2) is 23.8 Å². The fourth-order valence-corrected chi connectivity index (χ4v) is 3.03. The lowest BCUT2D eigenvalue weighted by Gasteiger charge is -2.13. The van der Waals surface area contributed by atoms with Crippen LogP contribution < -0.4 is 5.32 Å². The van der Waals surface area contributed by atoms with Gasteiger partial charge >= 0.3 is 0 Å². The van der Waals surface area contributed by atoms with Crippen LogP contribution in [0.15, 0.2) is 30.5 Å². The number of aromatic nitrogens is 1. The van der Waals surface area contributed by atoms with Crippen LogP contribution in [0, 0.1) is 0 Å². The number of nitrogens with zero attached hydrogens (tertiary/aromatic N) is 1. The molecule has 1 aromatic heterocycles. The van der Waals surface area contributed by atoms with Gasteiger partial charge in [-0.3, -0.25) is 0 Å². The van der Waals surface area contributed by atoms with E-state index in [9.17, 15) is 0 Å². The van der Waals surface area contributed by atoms with Crippen LogP contribution in [0.5, 0.6) is 0 Å². The minimum atomic E-state index is 0.374. The topological polar surface area (TPSA) is 26.2 Å². The SMILES string of the molecule is CNCc1cccc2c1ccn2CC1CCC(C)O1. The molecule has 102 valence electrons. The third kappa shape index (κ3) is 2.53. The second kappa shape index (κ2) is 5.35. The number of fused-ring (bicyclic) bond motifs is 1. The summed E-state index contributed by atoms with van der Waals surface area (Å²) in [6.07, 6.45) is 5.35. The van der Waals surface area contributed by atoms with Crippen molar-refractivity contribution < 1.29 is 4.74 Å². The Kier molecular flexibility index (Phi) is 3.58. The van der Waals surface area contributed by atoms with E-state index in [1.807, 2.05) is 7.05 Å². The zero-order valence-electron chi connectivity index (χ0n) is 11.7. The van der Waals surface area contributed by atoms with E-state index in [-0.39, 0.29) is 0 Å². The Labute approximate surface area is 114 Å². The van der Waals surface area contributed by atoms with Crippen molar-refractivity contribution in [2.24, 2.45) is 0 Å². The molecule has 0 radical (unpaired) electrons. The zero-order valence-corrected chi connectivity index (χ0v) is 11.7. The highest BCUT2D eigenvalue weighted by molar-refractivity contribution is 5.83. The number of nitrogens with one attached hydrogen (secondary N) is 1. The molecule has 0 amide bonds. The van der Waals surface area contributed by atoms with E-state index in [4.69, 9.17) is 4.74 Å². The highest BCUT2D eigenvalue weighted by atomic mass is 16.5. The molecular formula is C16H22N2O. The first-order chi connectivity index (χ1) is 9.28. The fraction of sp³-hybridized carbons (Fsp3) is 0.500. The molecule has 3 heteroatoms. The first-order valence-electron chi connectivity index (χ1n) is 7.14. The normalized spacial score (nSPS) is 23.3. The molecule has 1 aromatic carbocycles. The molecule has 2 atom stereocenters. The summed E-state index contributed by atoms with van der Waals surface area (Å²) in [6, 6.07) is 8.76. The van der Waals surface area contributed by atoms with E-state index < -0.39 is 0 Å². The van der Waals surface area contributed by atoms with Crippen LogP contribution in [-0.2, 0) is 17.8 Å². The Balaban J connectivity index is 1.86. The average Bonchev–Trinajstić information content (AvgIpc) is 2.99. The maximum absolute atomic E-state index is 5.93. The molecule has 1 aliphatic heterocycles. The van der Waals surface area contributed by atoms with Gasteiger partial charge in [0.15, 0.2) is 0 Å². The van der Waals surface area contributed by atoms with Crippen LogP contribution in [0.1, 0.15) is 25.3 Å². The molecule has 2 heterocycles. The van der Waals surface area contributed by atoms with Crippen LogP contribution in [0.2, 0.25) is 0 Å². The van der Waals surface area contributed by atoms with Gasteiger partial charge in [0.25, 0.3) is 0 Å². The summed E-state index contributed by atoms with van der Waals surface area (Å²) in [5.41, 5.74) is 2.68. The van der Waals surface area contributed by atoms with E-state index >= 15 is 0 Å². The highest BCUT2D eigenvalue weighted by Crippen LogP contribution is 2.24. The smallest absolute Gasteiger partial charge is 0.0758 e. The summed E-state index contributed by atoms with van der Waals surface area (Å²) in [4.78, 5) is 0. The van der Waals surface area contributed by atoms with Gasteiger partial charge in [0, 0.05) is 30.2 Å². The number of hydrogen-bond acceptors (Lipinski definition) is 2. The molecule has 1 saturated heterocycles. The first-order valence-corrected chi connectivity index (χ1v) is 7.14. The lowest BCUT2D eigenvalue weighted by molar-refractivity contribution is 0.0465. The molecule has 1 N–H and O–H groups in total. The molecule has 0 saturated carbocycles. The van der Waals surface area contributed by atoms with E-state index in [0.717, 1.165) is 13.1 Å². The maximum atomic E-state index is 5.93. The van der Waals surface area contributed by atoms with Gasteiger partial charge in [0.1, 0.15) is 0 Å². The quantitative estimate of drug-likeness (QED) is 0.912. The molecule has 3 rings (SSSR count). The van der Waals surface area contributed by atoms with Crippen molar-refractivity contribution in [1.29, 1.82) is 0 Å². The van der Waals surface area contributed by atoms with Crippen LogP contribution in [0.25, 0.3) is 10.9 Å². The average molecular weight is 258 g/mol. The summed E-state index contributed by atoms with van der Waals surface area (Å²) >= 11 is 0. The maximum Gasteiger partial charge on any atom is 0.0758 e. The van der Waals surface area contributed by atoms with Gasteiger partial charge in [-0.15, -0.1) is 0 Å². The predicted molar refractivity (Wildman–Crippen MR) is 78.3 cm³/mol. The molecule has 0 aliphatic carbocycles. The van der Waals surface area contributed by atoms with E-state index in [2.05, 4.69) is 47.3 Å². The second-order valence-corrected chi connectivity index (χ2v) is 5.49. The van der Waals surface area contributed by atoms with Gasteiger partial charge in [0.05, 0.1) is 12.2 Å². The van der Waals surface area contributed by atoms with Gasteiger partial charge in [-0.1, -0.05) is 12.1 Å². The Bertz CT molecular complexity index is 561. The number of benzene rings is 1. The van der Waals surface area contributed by atoms with Crippen molar-refractivity contribution in [2.75, 3.05) is 7.05 Å². The summed E-state index contributed by atoms with van der Waals surface area (Å²) in [7, 11) is 1.99. The monoisotopic (exact) mass is 258 g/mol. The van der Waals surface area contributed by atoms with Gasteiger partial charge in [-0.2, -0.15) is 0 Å². The highest BCUT2D eigenvalue weighted by Gasteiger charge is 2.22. The van der Waals surface area contributed by atoms with Gasteiger partial charge in [-0.05, 0) is 44.5 Å². The van der Waals surface area contributed by atoms with Gasteiger partial charge < -0.3 is 14.6 Å². The lowest BCUT2D eigenvalue weighted by Crippen LogP contribution is -2.15. The minimum absolute atomic E-state index is 0.374. The van der Waals surface area contributed by atoms with Crippen LogP contribution >= 0.6 is 0 Å². The number of rotatable bonds is 4. The summed E-state index contributed by atoms with van der Waals surface area (Å²) in [5, 5.41) is 4.58. The van der Waals surface area contributed by atoms with Gasteiger partial charge in [0.2, 0.25) is 0 Å². The number of ether oxygens (including phenoxy) is 1. The third-order valence-corrected chi connectivity index (χ3v) is 3.99. The molecule has 1 fully saturated rings. The Morgan fingerprint density at radius 1 is 1.32 bits per heavy atom. The second-order valence-electron chi connectivity index (χ2n) is 5.49. The molecule has 2 aromatic rings. The van der Waals surface area contributed by atoms with Crippen LogP contribution in [0.4, 0.5) is 0 Å². The Morgan fingerprint density at radius 2 is 2.21 bits per heavy atom.